The third kappa shape index (κ3) is 2.33. The minimum Gasteiger partial charge on any atom is -0.0988 e. The molecular formula is C16H20. The minimum absolute atomic E-state index is 0.0716. The van der Waals surface area contributed by atoms with Crippen LogP contribution in [-0.2, 0) is 5.41 Å². The fourth-order valence-corrected chi connectivity index (χ4v) is 1.82. The van der Waals surface area contributed by atoms with E-state index in [2.05, 4.69) is 63.4 Å². The van der Waals surface area contributed by atoms with Crippen molar-refractivity contribution in [1.29, 1.82) is 0 Å². The second kappa shape index (κ2) is 4.98. The van der Waals surface area contributed by atoms with Crippen LogP contribution in [0.5, 0.6) is 0 Å². The van der Waals surface area contributed by atoms with Crippen molar-refractivity contribution in [2.45, 2.75) is 26.2 Å². The Morgan fingerprint density at radius 3 is 2.44 bits per heavy atom. The van der Waals surface area contributed by atoms with Crippen molar-refractivity contribution in [3.8, 4) is 0 Å². The zero-order chi connectivity index (χ0) is 12.2. The van der Waals surface area contributed by atoms with Gasteiger partial charge in [-0.15, -0.1) is 0 Å². The monoisotopic (exact) mass is 212 g/mol. The smallest absolute Gasteiger partial charge is 0.0146 e. The van der Waals surface area contributed by atoms with Gasteiger partial charge in [-0.25, -0.2) is 0 Å². The highest BCUT2D eigenvalue weighted by atomic mass is 14.3. The number of hydrogen-bond acceptors (Lipinski definition) is 0. The van der Waals surface area contributed by atoms with Gasteiger partial charge in [0, 0.05) is 5.41 Å². The van der Waals surface area contributed by atoms with Crippen molar-refractivity contribution >= 4 is 6.08 Å². The normalized spacial score (nSPS) is 11.7. The van der Waals surface area contributed by atoms with Gasteiger partial charge in [0.2, 0.25) is 0 Å². The number of allylic oxidation sites excluding steroid dienone is 3. The average Bonchev–Trinajstić information content (AvgIpc) is 2.29. The summed E-state index contributed by atoms with van der Waals surface area (Å²) in [4.78, 5) is 0. The van der Waals surface area contributed by atoms with Gasteiger partial charge in [-0.2, -0.15) is 0 Å². The summed E-state index contributed by atoms with van der Waals surface area (Å²) in [5, 5.41) is 0. The van der Waals surface area contributed by atoms with Gasteiger partial charge in [0.25, 0.3) is 0 Å². The Labute approximate surface area is 99.0 Å². The maximum Gasteiger partial charge on any atom is 0.0146 e. The summed E-state index contributed by atoms with van der Waals surface area (Å²) in [5.41, 5.74) is 3.51. The maximum atomic E-state index is 4.08. The van der Waals surface area contributed by atoms with Gasteiger partial charge in [-0.05, 0) is 23.6 Å². The zero-order valence-corrected chi connectivity index (χ0v) is 10.5. The highest BCUT2D eigenvalue weighted by Gasteiger charge is 2.24. The molecule has 0 fully saturated rings. The van der Waals surface area contributed by atoms with Gasteiger partial charge in [0.15, 0.2) is 0 Å². The molecule has 1 aromatic rings. The van der Waals surface area contributed by atoms with Gasteiger partial charge in [0.1, 0.15) is 0 Å². The third-order valence-corrected chi connectivity index (χ3v) is 3.03. The molecule has 0 bridgehead atoms. The van der Waals surface area contributed by atoms with Crippen LogP contribution in [0.4, 0.5) is 0 Å². The molecule has 0 unspecified atom stereocenters. The predicted octanol–water partition coefficient (Wildman–Crippen LogP) is 4.74. The summed E-state index contributed by atoms with van der Waals surface area (Å²) in [6.07, 6.45) is 6.03. The topological polar surface area (TPSA) is 0 Å². The van der Waals surface area contributed by atoms with Crippen LogP contribution in [0, 0.1) is 0 Å². The molecule has 0 aliphatic carbocycles. The SMILES string of the molecule is C=CC(=C)C(C)(C)c1ccccc1C=CC. The van der Waals surface area contributed by atoms with Crippen molar-refractivity contribution in [2.75, 3.05) is 0 Å². The minimum atomic E-state index is -0.0716. The Balaban J connectivity index is 3.31. The summed E-state index contributed by atoms with van der Waals surface area (Å²) >= 11 is 0. The van der Waals surface area contributed by atoms with Crippen LogP contribution in [-0.4, -0.2) is 0 Å². The molecule has 0 saturated heterocycles. The van der Waals surface area contributed by atoms with E-state index in [0.717, 1.165) is 5.57 Å². The molecular weight excluding hydrogens is 192 g/mol. The van der Waals surface area contributed by atoms with Crippen molar-refractivity contribution in [2.24, 2.45) is 0 Å². The zero-order valence-electron chi connectivity index (χ0n) is 10.5. The Kier molecular flexibility index (Phi) is 3.89. The maximum absolute atomic E-state index is 4.08. The van der Waals surface area contributed by atoms with E-state index in [-0.39, 0.29) is 5.41 Å². The Hall–Kier alpha value is -1.56. The molecule has 1 aromatic carbocycles. The fraction of sp³-hybridized carbons (Fsp3) is 0.250. The van der Waals surface area contributed by atoms with Crippen LogP contribution in [0.1, 0.15) is 31.9 Å². The van der Waals surface area contributed by atoms with E-state index in [9.17, 15) is 0 Å². The highest BCUT2D eigenvalue weighted by Crippen LogP contribution is 2.33. The molecule has 0 aliphatic rings. The quantitative estimate of drug-likeness (QED) is 0.632. The van der Waals surface area contributed by atoms with E-state index in [1.165, 1.54) is 11.1 Å². The molecule has 0 saturated carbocycles. The molecule has 0 amide bonds. The van der Waals surface area contributed by atoms with Crippen molar-refractivity contribution in [3.63, 3.8) is 0 Å². The molecule has 0 aromatic heterocycles. The molecule has 16 heavy (non-hydrogen) atoms. The lowest BCUT2D eigenvalue weighted by Gasteiger charge is -2.28. The summed E-state index contributed by atoms with van der Waals surface area (Å²) < 4.78 is 0. The molecule has 0 atom stereocenters. The molecule has 0 spiro atoms. The van der Waals surface area contributed by atoms with E-state index in [1.807, 2.05) is 13.0 Å². The van der Waals surface area contributed by atoms with E-state index in [4.69, 9.17) is 0 Å². The van der Waals surface area contributed by atoms with Crippen molar-refractivity contribution in [1.82, 2.24) is 0 Å². The van der Waals surface area contributed by atoms with E-state index in [1.54, 1.807) is 0 Å². The highest BCUT2D eigenvalue weighted by molar-refractivity contribution is 5.57. The molecule has 1 rings (SSSR count). The van der Waals surface area contributed by atoms with Crippen LogP contribution in [0.3, 0.4) is 0 Å². The molecule has 0 heteroatoms. The molecule has 84 valence electrons. The van der Waals surface area contributed by atoms with Crippen LogP contribution in [0.25, 0.3) is 6.08 Å². The second-order valence-corrected chi connectivity index (χ2v) is 4.44. The standard InChI is InChI=1S/C16H20/c1-6-10-14-11-8-9-12-15(14)16(4,5)13(3)7-2/h6-12H,2-3H2,1,4-5H3. The summed E-state index contributed by atoms with van der Waals surface area (Å²) in [7, 11) is 0. The molecule has 0 nitrogen and oxygen atoms in total. The van der Waals surface area contributed by atoms with E-state index < -0.39 is 0 Å². The molecule has 0 aliphatic heterocycles. The summed E-state index contributed by atoms with van der Waals surface area (Å²) in [5.74, 6) is 0. The first kappa shape index (κ1) is 12.5. The first-order valence-corrected chi connectivity index (χ1v) is 5.58. The fourth-order valence-electron chi connectivity index (χ4n) is 1.82. The van der Waals surface area contributed by atoms with E-state index >= 15 is 0 Å². The van der Waals surface area contributed by atoms with Gasteiger partial charge in [0.05, 0.1) is 0 Å². The second-order valence-electron chi connectivity index (χ2n) is 4.44. The van der Waals surface area contributed by atoms with Crippen molar-refractivity contribution in [3.05, 3.63) is 66.3 Å². The Morgan fingerprint density at radius 1 is 1.25 bits per heavy atom. The lowest BCUT2D eigenvalue weighted by atomic mass is 9.76. The van der Waals surface area contributed by atoms with Crippen LogP contribution in [0.2, 0.25) is 0 Å². The summed E-state index contributed by atoms with van der Waals surface area (Å²) in [6.45, 7) is 14.3. The lowest BCUT2D eigenvalue weighted by Crippen LogP contribution is -2.19. The number of hydrogen-bond donors (Lipinski definition) is 0. The van der Waals surface area contributed by atoms with Gasteiger partial charge >= 0.3 is 0 Å². The lowest BCUT2D eigenvalue weighted by molar-refractivity contribution is 0.640. The first-order chi connectivity index (χ1) is 7.54. The molecule has 0 radical (unpaired) electrons. The van der Waals surface area contributed by atoms with Crippen LogP contribution < -0.4 is 0 Å². The third-order valence-electron chi connectivity index (χ3n) is 3.03. The molecule has 0 N–H and O–H groups in total. The van der Waals surface area contributed by atoms with E-state index in [0.29, 0.717) is 0 Å². The number of benzene rings is 1. The van der Waals surface area contributed by atoms with Crippen LogP contribution >= 0.6 is 0 Å². The van der Waals surface area contributed by atoms with Gasteiger partial charge in [-0.3, -0.25) is 0 Å². The summed E-state index contributed by atoms with van der Waals surface area (Å²) in [6, 6.07) is 8.42. The predicted molar refractivity (Wildman–Crippen MR) is 73.5 cm³/mol. The number of rotatable bonds is 4. The Morgan fingerprint density at radius 2 is 1.88 bits per heavy atom. The molecule has 0 heterocycles. The van der Waals surface area contributed by atoms with Crippen molar-refractivity contribution < 1.29 is 0 Å². The largest absolute Gasteiger partial charge is 0.0988 e. The first-order valence-electron chi connectivity index (χ1n) is 5.58. The average molecular weight is 212 g/mol. The van der Waals surface area contributed by atoms with Gasteiger partial charge in [-0.1, -0.05) is 69.5 Å². The van der Waals surface area contributed by atoms with Crippen LogP contribution in [0.15, 0.2) is 55.1 Å². The van der Waals surface area contributed by atoms with Gasteiger partial charge < -0.3 is 0 Å². The Bertz CT molecular complexity index is 419.